The highest BCUT2D eigenvalue weighted by Gasteiger charge is 2.50. The van der Waals surface area contributed by atoms with Crippen LogP contribution in [0.5, 0.6) is 0 Å². The summed E-state index contributed by atoms with van der Waals surface area (Å²) in [6.45, 7) is 7.27. The Balaban J connectivity index is 0.00000420. The van der Waals surface area contributed by atoms with Crippen LogP contribution in [0.4, 0.5) is 13.2 Å². The first-order chi connectivity index (χ1) is 13.0. The van der Waals surface area contributed by atoms with Gasteiger partial charge in [0, 0.05) is 31.1 Å². The summed E-state index contributed by atoms with van der Waals surface area (Å²) in [5, 5.41) is 7.33. The summed E-state index contributed by atoms with van der Waals surface area (Å²) in [5.41, 5.74) is -4.28. The highest BCUT2D eigenvalue weighted by molar-refractivity contribution is 14.0. The number of aliphatic imine (C=N–C) groups is 1. The van der Waals surface area contributed by atoms with Crippen molar-refractivity contribution in [3.63, 3.8) is 0 Å². The van der Waals surface area contributed by atoms with E-state index in [0.29, 0.717) is 42.7 Å². The van der Waals surface area contributed by atoms with Crippen LogP contribution in [0.1, 0.15) is 35.3 Å². The molecule has 0 unspecified atom stereocenters. The van der Waals surface area contributed by atoms with Gasteiger partial charge in [-0.05, 0) is 39.5 Å². The van der Waals surface area contributed by atoms with E-state index in [-0.39, 0.29) is 43.0 Å². The number of thiazole rings is 1. The minimum Gasteiger partial charge on any atom is -0.357 e. The molecule has 1 aliphatic heterocycles. The van der Waals surface area contributed by atoms with Crippen molar-refractivity contribution in [3.8, 4) is 0 Å². The maximum Gasteiger partial charge on any atom is 0.511 e. The third-order valence-corrected chi connectivity index (χ3v) is 7.18. The van der Waals surface area contributed by atoms with Gasteiger partial charge in [-0.3, -0.25) is 0 Å². The number of halogens is 4. The SMILES string of the molecule is CCNC(=NCc1sc(C)nc1C)NCC1CCN(S(=O)(=O)C(F)(F)F)CC1.I. The van der Waals surface area contributed by atoms with Crippen molar-refractivity contribution in [1.29, 1.82) is 0 Å². The Bertz CT molecular complexity index is 791. The van der Waals surface area contributed by atoms with Crippen molar-refractivity contribution >= 4 is 51.3 Å². The molecule has 0 aromatic carbocycles. The molecule has 0 spiro atoms. The monoisotopic (exact) mass is 569 g/mol. The Morgan fingerprint density at radius 1 is 1.28 bits per heavy atom. The Hall–Kier alpha value is -0.670. The minimum atomic E-state index is -5.24. The summed E-state index contributed by atoms with van der Waals surface area (Å²) in [5.74, 6) is 0.703. The number of hydrogen-bond acceptors (Lipinski definition) is 5. The number of nitrogens with zero attached hydrogens (tertiary/aromatic N) is 3. The summed E-state index contributed by atoms with van der Waals surface area (Å²) in [4.78, 5) is 10.00. The normalized spacial score (nSPS) is 17.1. The Labute approximate surface area is 190 Å². The molecule has 1 aromatic heterocycles. The fraction of sp³-hybridized carbons (Fsp3) is 0.750. The second kappa shape index (κ2) is 11.1. The molecule has 2 heterocycles. The number of aromatic nitrogens is 1. The van der Waals surface area contributed by atoms with E-state index in [2.05, 4.69) is 20.6 Å². The lowest BCUT2D eigenvalue weighted by molar-refractivity contribution is -0.0496. The van der Waals surface area contributed by atoms with Gasteiger partial charge >= 0.3 is 15.5 Å². The highest BCUT2D eigenvalue weighted by atomic mass is 127. The van der Waals surface area contributed by atoms with Crippen LogP contribution < -0.4 is 10.6 Å². The van der Waals surface area contributed by atoms with E-state index in [1.807, 2.05) is 20.8 Å². The van der Waals surface area contributed by atoms with Crippen LogP contribution in [-0.4, -0.2) is 55.4 Å². The van der Waals surface area contributed by atoms with E-state index in [1.165, 1.54) is 0 Å². The molecule has 2 rings (SSSR count). The van der Waals surface area contributed by atoms with Gasteiger partial charge in [-0.1, -0.05) is 0 Å². The van der Waals surface area contributed by atoms with Crippen LogP contribution in [0.15, 0.2) is 4.99 Å². The van der Waals surface area contributed by atoms with Crippen LogP contribution in [-0.2, 0) is 16.6 Å². The first-order valence-corrected chi connectivity index (χ1v) is 11.3. The van der Waals surface area contributed by atoms with Gasteiger partial charge in [-0.25, -0.2) is 18.4 Å². The van der Waals surface area contributed by atoms with E-state index in [4.69, 9.17) is 0 Å². The summed E-state index contributed by atoms with van der Waals surface area (Å²) >= 11 is 1.60. The lowest BCUT2D eigenvalue weighted by atomic mass is 9.98. The van der Waals surface area contributed by atoms with Crippen molar-refractivity contribution in [2.24, 2.45) is 10.9 Å². The molecule has 0 atom stereocenters. The minimum absolute atomic E-state index is 0. The lowest BCUT2D eigenvalue weighted by Crippen LogP contribution is -2.47. The van der Waals surface area contributed by atoms with E-state index in [9.17, 15) is 21.6 Å². The quantitative estimate of drug-likeness (QED) is 0.313. The maximum atomic E-state index is 12.6. The van der Waals surface area contributed by atoms with Crippen LogP contribution in [0.2, 0.25) is 0 Å². The van der Waals surface area contributed by atoms with Crippen LogP contribution in [0.3, 0.4) is 0 Å². The van der Waals surface area contributed by atoms with E-state index in [1.54, 1.807) is 11.3 Å². The Kier molecular flexibility index (Phi) is 10.1. The second-order valence-electron chi connectivity index (χ2n) is 6.61. The molecular weight excluding hydrogens is 542 g/mol. The predicted molar refractivity (Wildman–Crippen MR) is 119 cm³/mol. The van der Waals surface area contributed by atoms with Crippen molar-refractivity contribution in [3.05, 3.63) is 15.6 Å². The molecule has 168 valence electrons. The van der Waals surface area contributed by atoms with Crippen LogP contribution in [0, 0.1) is 19.8 Å². The summed E-state index contributed by atoms with van der Waals surface area (Å²) in [7, 11) is -5.23. The zero-order chi connectivity index (χ0) is 20.9. The summed E-state index contributed by atoms with van der Waals surface area (Å²) in [6.07, 6.45) is 0.740. The first-order valence-electron chi connectivity index (χ1n) is 9.06. The third-order valence-electron chi connectivity index (χ3n) is 4.49. The number of guanidine groups is 1. The molecule has 0 aliphatic carbocycles. The summed E-state index contributed by atoms with van der Waals surface area (Å²) < 4.78 is 61.4. The molecule has 0 amide bonds. The maximum absolute atomic E-state index is 12.6. The lowest BCUT2D eigenvalue weighted by Gasteiger charge is -2.31. The van der Waals surface area contributed by atoms with E-state index < -0.39 is 15.5 Å². The van der Waals surface area contributed by atoms with Crippen molar-refractivity contribution in [2.45, 2.75) is 45.7 Å². The van der Waals surface area contributed by atoms with Gasteiger partial charge in [0.2, 0.25) is 0 Å². The largest absolute Gasteiger partial charge is 0.511 e. The van der Waals surface area contributed by atoms with Crippen molar-refractivity contribution in [2.75, 3.05) is 26.2 Å². The van der Waals surface area contributed by atoms with Gasteiger partial charge in [0.25, 0.3) is 0 Å². The van der Waals surface area contributed by atoms with E-state index in [0.717, 1.165) is 15.6 Å². The first kappa shape index (κ1) is 26.4. The number of piperidine rings is 1. The van der Waals surface area contributed by atoms with Crippen molar-refractivity contribution in [1.82, 2.24) is 19.9 Å². The Morgan fingerprint density at radius 3 is 2.38 bits per heavy atom. The predicted octanol–water partition coefficient (Wildman–Crippen LogP) is 2.99. The molecule has 2 N–H and O–H groups in total. The average Bonchev–Trinajstić information content (AvgIpc) is 2.94. The molecular formula is C16H27F3IN5O2S2. The van der Waals surface area contributed by atoms with Gasteiger partial charge in [-0.15, -0.1) is 35.3 Å². The molecule has 29 heavy (non-hydrogen) atoms. The number of hydrogen-bond donors (Lipinski definition) is 2. The molecule has 0 saturated carbocycles. The zero-order valence-electron chi connectivity index (χ0n) is 16.5. The highest BCUT2D eigenvalue weighted by Crippen LogP contribution is 2.30. The van der Waals surface area contributed by atoms with Gasteiger partial charge in [0.1, 0.15) is 0 Å². The number of sulfonamides is 1. The summed E-state index contributed by atoms with van der Waals surface area (Å²) in [6, 6.07) is 0. The topological polar surface area (TPSA) is 86.7 Å². The molecule has 1 aromatic rings. The standard InChI is InChI=1S/C16H26F3N5O2S2.HI/c1-4-20-15(22-10-14-11(2)23-12(3)27-14)21-9-13-5-7-24(8-6-13)28(25,26)16(17,18)19;/h13H,4-10H2,1-3H3,(H2,20,21,22);1H. The van der Waals surface area contributed by atoms with Crippen LogP contribution in [0.25, 0.3) is 0 Å². The fourth-order valence-corrected chi connectivity index (χ4v) is 4.80. The zero-order valence-corrected chi connectivity index (χ0v) is 20.5. The third kappa shape index (κ3) is 7.21. The van der Waals surface area contributed by atoms with Gasteiger partial charge in [0.05, 0.1) is 17.2 Å². The number of alkyl halides is 3. The fourth-order valence-electron chi connectivity index (χ4n) is 2.95. The van der Waals surface area contributed by atoms with Gasteiger partial charge in [-0.2, -0.15) is 17.5 Å². The number of nitrogens with one attached hydrogen (secondary N) is 2. The van der Waals surface area contributed by atoms with Crippen molar-refractivity contribution < 1.29 is 21.6 Å². The second-order valence-corrected chi connectivity index (χ2v) is 9.83. The van der Waals surface area contributed by atoms with Gasteiger partial charge < -0.3 is 10.6 Å². The molecule has 1 aliphatic rings. The molecule has 1 fully saturated rings. The molecule has 13 heteroatoms. The van der Waals surface area contributed by atoms with Crippen LogP contribution >= 0.6 is 35.3 Å². The molecule has 0 bridgehead atoms. The number of aryl methyl sites for hydroxylation is 2. The van der Waals surface area contributed by atoms with Gasteiger partial charge in [0.15, 0.2) is 5.96 Å². The smallest absolute Gasteiger partial charge is 0.357 e. The molecule has 0 radical (unpaired) electrons. The molecule has 7 nitrogen and oxygen atoms in total. The molecule has 1 saturated heterocycles. The Morgan fingerprint density at radius 2 is 1.90 bits per heavy atom. The number of rotatable bonds is 6. The van der Waals surface area contributed by atoms with E-state index >= 15 is 0 Å². The average molecular weight is 569 g/mol.